The van der Waals surface area contributed by atoms with Crippen molar-refractivity contribution in [2.45, 2.75) is 51.4 Å². The number of Topliss-reactive ketones (excluding diaryl/α,β-unsaturated/α-hetero) is 1. The number of aryl methyl sites for hydroxylation is 1. The zero-order valence-corrected chi connectivity index (χ0v) is 22.9. The molecule has 0 bridgehead atoms. The lowest BCUT2D eigenvalue weighted by Crippen LogP contribution is -2.34. The molecule has 2 aliphatic heterocycles. The molecule has 2 aromatic carbocycles. The van der Waals surface area contributed by atoms with Crippen molar-refractivity contribution in [2.75, 3.05) is 26.2 Å². The van der Waals surface area contributed by atoms with E-state index < -0.39 is 11.7 Å². The molecular formula is C32H35F3N4O. The molecule has 3 heterocycles. The maximum absolute atomic E-state index is 13.3. The highest BCUT2D eigenvalue weighted by Gasteiger charge is 2.31. The number of rotatable bonds is 7. The Kier molecular flexibility index (Phi) is 7.40. The Hall–Kier alpha value is -3.23. The Morgan fingerprint density at radius 1 is 1.00 bits per heavy atom. The van der Waals surface area contributed by atoms with Crippen LogP contribution in [-0.4, -0.2) is 51.3 Å². The number of carbonyl (C=O) groups is 1. The zero-order chi connectivity index (χ0) is 27.9. The first-order chi connectivity index (χ1) is 19.2. The second-order valence-corrected chi connectivity index (χ2v) is 11.7. The minimum Gasteiger partial charge on any atom is -0.340 e. The van der Waals surface area contributed by atoms with E-state index in [1.54, 1.807) is 12.1 Å². The zero-order valence-electron chi connectivity index (χ0n) is 22.9. The van der Waals surface area contributed by atoms with E-state index >= 15 is 0 Å². The predicted molar refractivity (Wildman–Crippen MR) is 149 cm³/mol. The number of fused-ring (bicyclic) bond motifs is 2. The number of imidazole rings is 1. The molecule has 3 aromatic rings. The lowest BCUT2D eigenvalue weighted by atomic mass is 9.89. The van der Waals surface area contributed by atoms with E-state index in [4.69, 9.17) is 0 Å². The third-order valence-electron chi connectivity index (χ3n) is 8.71. The Labute approximate surface area is 233 Å². The van der Waals surface area contributed by atoms with Crippen LogP contribution in [0.5, 0.6) is 0 Å². The smallest absolute Gasteiger partial charge is 0.340 e. The van der Waals surface area contributed by atoms with E-state index in [9.17, 15) is 18.0 Å². The summed E-state index contributed by atoms with van der Waals surface area (Å²) in [6.45, 7) is 5.10. The van der Waals surface area contributed by atoms with Crippen LogP contribution >= 0.6 is 0 Å². The van der Waals surface area contributed by atoms with Gasteiger partial charge in [-0.25, -0.2) is 4.98 Å². The van der Waals surface area contributed by atoms with Gasteiger partial charge in [-0.2, -0.15) is 13.2 Å². The highest BCUT2D eigenvalue weighted by molar-refractivity contribution is 5.97. The molecule has 8 heteroatoms. The molecule has 0 radical (unpaired) electrons. The van der Waals surface area contributed by atoms with Crippen LogP contribution in [0.4, 0.5) is 13.2 Å². The highest BCUT2D eigenvalue weighted by Crippen LogP contribution is 2.39. The van der Waals surface area contributed by atoms with Gasteiger partial charge < -0.3 is 4.57 Å². The summed E-state index contributed by atoms with van der Waals surface area (Å²) >= 11 is 0. The normalized spacial score (nSPS) is 18.7. The van der Waals surface area contributed by atoms with Gasteiger partial charge in [0.05, 0.1) is 17.6 Å². The fourth-order valence-corrected chi connectivity index (χ4v) is 6.44. The van der Waals surface area contributed by atoms with E-state index in [2.05, 4.69) is 33.1 Å². The summed E-state index contributed by atoms with van der Waals surface area (Å²) in [5, 5.41) is 0. The molecule has 0 saturated carbocycles. The van der Waals surface area contributed by atoms with Crippen molar-refractivity contribution < 1.29 is 18.0 Å². The molecular weight excluding hydrogens is 513 g/mol. The van der Waals surface area contributed by atoms with Gasteiger partial charge in [-0.3, -0.25) is 14.6 Å². The summed E-state index contributed by atoms with van der Waals surface area (Å²) in [6, 6.07) is 11.7. The van der Waals surface area contributed by atoms with E-state index in [1.807, 2.05) is 24.0 Å². The first-order valence-electron chi connectivity index (χ1n) is 14.2. The maximum atomic E-state index is 13.3. The Morgan fingerprint density at radius 3 is 2.48 bits per heavy atom. The Morgan fingerprint density at radius 2 is 1.77 bits per heavy atom. The van der Waals surface area contributed by atoms with Gasteiger partial charge in [0.2, 0.25) is 0 Å². The highest BCUT2D eigenvalue weighted by atomic mass is 19.4. The second-order valence-electron chi connectivity index (χ2n) is 11.7. The number of nitrogens with zero attached hydrogens (tertiary/aromatic N) is 4. The number of likely N-dealkylation sites (tertiary alicyclic amines) is 1. The number of halogens is 3. The van der Waals surface area contributed by atoms with Gasteiger partial charge in [-0.15, -0.1) is 0 Å². The molecule has 0 N–H and O–H groups in total. The van der Waals surface area contributed by atoms with E-state index in [0.717, 1.165) is 87.4 Å². The molecule has 6 rings (SSSR count). The number of carbonyl (C=O) groups excluding carboxylic acids is 1. The summed E-state index contributed by atoms with van der Waals surface area (Å²) in [7, 11) is 1.98. The summed E-state index contributed by atoms with van der Waals surface area (Å²) in [4.78, 5) is 22.5. The summed E-state index contributed by atoms with van der Waals surface area (Å²) in [5.74, 6) is 0.627. The van der Waals surface area contributed by atoms with Gasteiger partial charge in [-0.1, -0.05) is 29.8 Å². The van der Waals surface area contributed by atoms with E-state index in [0.29, 0.717) is 18.9 Å². The molecule has 0 atom stereocenters. The molecule has 0 spiro atoms. The molecule has 5 nitrogen and oxygen atoms in total. The average molecular weight is 549 g/mol. The molecule has 3 aliphatic rings. The third kappa shape index (κ3) is 5.93. The molecule has 0 amide bonds. The Balaban J connectivity index is 1.06. The molecule has 0 unspecified atom stereocenters. The molecule has 1 fully saturated rings. The van der Waals surface area contributed by atoms with Gasteiger partial charge in [-0.05, 0) is 85.2 Å². The monoisotopic (exact) mass is 548 g/mol. The van der Waals surface area contributed by atoms with Crippen molar-refractivity contribution in [3.63, 3.8) is 0 Å². The van der Waals surface area contributed by atoms with Crippen molar-refractivity contribution >= 4 is 11.4 Å². The van der Waals surface area contributed by atoms with Crippen molar-refractivity contribution in [1.82, 2.24) is 19.4 Å². The van der Waals surface area contributed by atoms with Gasteiger partial charge in [0.1, 0.15) is 0 Å². The minimum absolute atomic E-state index is 0.220. The van der Waals surface area contributed by atoms with Gasteiger partial charge in [0.15, 0.2) is 5.78 Å². The summed E-state index contributed by atoms with van der Waals surface area (Å²) in [6.07, 6.45) is 4.10. The first-order valence-corrected chi connectivity index (χ1v) is 14.2. The third-order valence-corrected chi connectivity index (χ3v) is 8.71. The second kappa shape index (κ2) is 11.0. The number of hydrogen-bond acceptors (Lipinski definition) is 4. The van der Waals surface area contributed by atoms with Crippen molar-refractivity contribution in [2.24, 2.45) is 13.0 Å². The number of benzene rings is 2. The first kappa shape index (κ1) is 27.0. The fourth-order valence-electron chi connectivity index (χ4n) is 6.44. The quantitative estimate of drug-likeness (QED) is 0.333. The van der Waals surface area contributed by atoms with Crippen molar-refractivity contribution in [3.05, 3.63) is 94.1 Å². The van der Waals surface area contributed by atoms with Crippen LogP contribution in [0.1, 0.15) is 64.0 Å². The number of piperidine rings is 1. The van der Waals surface area contributed by atoms with Gasteiger partial charge in [0, 0.05) is 51.4 Å². The number of aromatic nitrogens is 2. The van der Waals surface area contributed by atoms with Crippen molar-refractivity contribution in [3.8, 4) is 0 Å². The van der Waals surface area contributed by atoms with Crippen LogP contribution in [0.3, 0.4) is 0 Å². The Bertz CT molecular complexity index is 1410. The minimum atomic E-state index is -4.32. The van der Waals surface area contributed by atoms with Crippen LogP contribution in [0.2, 0.25) is 0 Å². The number of hydrogen-bond donors (Lipinski definition) is 0. The van der Waals surface area contributed by atoms with E-state index in [1.165, 1.54) is 22.3 Å². The van der Waals surface area contributed by atoms with Crippen LogP contribution in [0.15, 0.2) is 60.6 Å². The van der Waals surface area contributed by atoms with Crippen LogP contribution in [0.25, 0.3) is 5.57 Å². The molecule has 40 heavy (non-hydrogen) atoms. The van der Waals surface area contributed by atoms with Gasteiger partial charge >= 0.3 is 6.18 Å². The molecule has 1 saturated heterocycles. The lowest BCUT2D eigenvalue weighted by molar-refractivity contribution is -0.137. The van der Waals surface area contributed by atoms with E-state index in [-0.39, 0.29) is 5.78 Å². The molecule has 1 aliphatic carbocycles. The van der Waals surface area contributed by atoms with Crippen LogP contribution in [0, 0.1) is 5.92 Å². The lowest BCUT2D eigenvalue weighted by Gasteiger charge is -2.31. The standard InChI is InChI=1S/C32H35F3N4O/c1-37-18-28(36-21-37)19-38-11-8-22(9-12-38)14-31(40)26-5-4-24-15-25-10-13-39(20-30(25)29(24)16-26)17-23-2-6-27(7-3-23)32(33,34)35/h2-7,16,18,21-22H,8-15,17,19-20H2,1H3. The summed E-state index contributed by atoms with van der Waals surface area (Å²) < 4.78 is 40.8. The predicted octanol–water partition coefficient (Wildman–Crippen LogP) is 6.14. The van der Waals surface area contributed by atoms with Gasteiger partial charge in [0.25, 0.3) is 0 Å². The topological polar surface area (TPSA) is 41.4 Å². The van der Waals surface area contributed by atoms with Crippen LogP contribution < -0.4 is 0 Å². The average Bonchev–Trinajstić information content (AvgIpc) is 3.51. The molecule has 1 aromatic heterocycles. The fraction of sp³-hybridized carbons (Fsp3) is 0.438. The summed E-state index contributed by atoms with van der Waals surface area (Å²) in [5.41, 5.74) is 7.34. The number of alkyl halides is 3. The number of ketones is 1. The SMILES string of the molecule is Cn1cnc(CN2CCC(CC(=O)c3ccc4c(c3)C3=C(CCN(Cc5ccc(C(F)(F)F)cc5)C3)C4)CC2)c1. The van der Waals surface area contributed by atoms with Crippen molar-refractivity contribution in [1.29, 1.82) is 0 Å². The largest absolute Gasteiger partial charge is 0.416 e. The maximum Gasteiger partial charge on any atom is 0.416 e. The molecule has 210 valence electrons. The van der Waals surface area contributed by atoms with Crippen LogP contribution in [-0.2, 0) is 32.7 Å².